The number of aldehydes is 1. The first-order valence-corrected chi connectivity index (χ1v) is 9.58. The minimum atomic E-state index is 0.199. The summed E-state index contributed by atoms with van der Waals surface area (Å²) >= 11 is 6.05. The Balaban J connectivity index is 0.000000855. The molecule has 1 aromatic carbocycles. The maximum absolute atomic E-state index is 10.6. The van der Waals surface area contributed by atoms with Crippen molar-refractivity contribution < 1.29 is 9.90 Å². The van der Waals surface area contributed by atoms with Gasteiger partial charge in [-0.2, -0.15) is 0 Å². The molecule has 148 valence electrons. The number of hydrogen-bond donors (Lipinski definition) is 2. The SMILES string of the molecule is CC.CO.Cc1cc(CNc2ccnc(CN3CC(C=O)C3)c2)ccc1Cl. The van der Waals surface area contributed by atoms with Gasteiger partial charge in [-0.3, -0.25) is 9.88 Å². The molecule has 0 unspecified atom stereocenters. The molecule has 0 amide bonds. The van der Waals surface area contributed by atoms with Crippen molar-refractivity contribution in [3.05, 3.63) is 58.4 Å². The molecule has 3 rings (SSSR count). The van der Waals surface area contributed by atoms with Gasteiger partial charge >= 0.3 is 0 Å². The highest BCUT2D eigenvalue weighted by atomic mass is 35.5. The lowest BCUT2D eigenvalue weighted by molar-refractivity contribution is -0.115. The summed E-state index contributed by atoms with van der Waals surface area (Å²) in [5.74, 6) is 0.199. The quantitative estimate of drug-likeness (QED) is 0.730. The van der Waals surface area contributed by atoms with Gasteiger partial charge in [0.2, 0.25) is 0 Å². The third-order valence-electron chi connectivity index (χ3n) is 4.10. The second-order valence-electron chi connectivity index (χ2n) is 6.06. The Morgan fingerprint density at radius 3 is 2.59 bits per heavy atom. The summed E-state index contributed by atoms with van der Waals surface area (Å²) in [6.07, 6.45) is 2.86. The van der Waals surface area contributed by atoms with E-state index in [1.54, 1.807) is 0 Å². The van der Waals surface area contributed by atoms with Gasteiger partial charge in [0, 0.05) is 56.1 Å². The summed E-state index contributed by atoms with van der Waals surface area (Å²) in [5.41, 5.74) is 4.35. The largest absolute Gasteiger partial charge is 0.400 e. The smallest absolute Gasteiger partial charge is 0.125 e. The lowest BCUT2D eigenvalue weighted by atomic mass is 10.0. The zero-order valence-electron chi connectivity index (χ0n) is 16.6. The molecular formula is C21H30ClN3O2. The summed E-state index contributed by atoms with van der Waals surface area (Å²) in [7, 11) is 1.00. The van der Waals surface area contributed by atoms with Gasteiger partial charge < -0.3 is 15.2 Å². The standard InChI is InChI=1S/C18H20ClN3O.C2H6.CH4O/c1-13-6-14(2-3-18(13)19)8-21-16-4-5-20-17(7-16)11-22-9-15(10-22)12-23;2*1-2/h2-7,12,15H,8-11H2,1H3,(H,20,21);1-2H3;2H,1H3. The van der Waals surface area contributed by atoms with E-state index >= 15 is 0 Å². The molecule has 27 heavy (non-hydrogen) atoms. The van der Waals surface area contributed by atoms with Crippen molar-refractivity contribution in [2.24, 2.45) is 5.92 Å². The summed E-state index contributed by atoms with van der Waals surface area (Å²) < 4.78 is 0. The van der Waals surface area contributed by atoms with Crippen LogP contribution in [0.3, 0.4) is 0 Å². The Morgan fingerprint density at radius 1 is 1.26 bits per heavy atom. The number of aryl methyl sites for hydroxylation is 1. The van der Waals surface area contributed by atoms with Gasteiger partial charge in [-0.15, -0.1) is 0 Å². The highest BCUT2D eigenvalue weighted by molar-refractivity contribution is 6.31. The highest BCUT2D eigenvalue weighted by Gasteiger charge is 2.26. The molecule has 1 saturated heterocycles. The van der Waals surface area contributed by atoms with Crippen molar-refractivity contribution in [3.63, 3.8) is 0 Å². The van der Waals surface area contributed by atoms with Gasteiger partial charge in [0.25, 0.3) is 0 Å². The Hall–Kier alpha value is -1.95. The summed E-state index contributed by atoms with van der Waals surface area (Å²) in [6, 6.07) is 10.1. The molecule has 0 radical (unpaired) electrons. The number of nitrogens with zero attached hydrogens (tertiary/aromatic N) is 2. The summed E-state index contributed by atoms with van der Waals surface area (Å²) in [4.78, 5) is 17.3. The van der Waals surface area contributed by atoms with Gasteiger partial charge in [-0.25, -0.2) is 0 Å². The number of nitrogens with one attached hydrogen (secondary N) is 1. The second kappa shape index (κ2) is 12.4. The normalized spacial score (nSPS) is 13.4. The van der Waals surface area contributed by atoms with E-state index in [0.717, 1.165) is 61.5 Å². The lowest BCUT2D eigenvalue weighted by Crippen LogP contribution is -2.46. The number of likely N-dealkylation sites (tertiary alicyclic amines) is 1. The molecule has 2 N–H and O–H groups in total. The number of hydrogen-bond acceptors (Lipinski definition) is 5. The third kappa shape index (κ3) is 7.29. The van der Waals surface area contributed by atoms with Gasteiger partial charge in [0.15, 0.2) is 0 Å². The zero-order valence-corrected chi connectivity index (χ0v) is 17.3. The van der Waals surface area contributed by atoms with Crippen LogP contribution in [0.25, 0.3) is 0 Å². The van der Waals surface area contributed by atoms with Crippen LogP contribution in [0.2, 0.25) is 5.02 Å². The average Bonchev–Trinajstić information content (AvgIpc) is 2.69. The van der Waals surface area contributed by atoms with E-state index in [1.165, 1.54) is 5.56 Å². The van der Waals surface area contributed by atoms with Gasteiger partial charge in [-0.05, 0) is 36.2 Å². The van der Waals surface area contributed by atoms with E-state index in [4.69, 9.17) is 16.7 Å². The predicted molar refractivity (Wildman–Crippen MR) is 112 cm³/mol. The molecule has 1 fully saturated rings. The van der Waals surface area contributed by atoms with Gasteiger partial charge in [-0.1, -0.05) is 37.6 Å². The van der Waals surface area contributed by atoms with Crippen LogP contribution in [0.4, 0.5) is 5.69 Å². The van der Waals surface area contributed by atoms with E-state index in [2.05, 4.69) is 27.3 Å². The lowest BCUT2D eigenvalue weighted by Gasteiger charge is -2.35. The number of rotatable bonds is 6. The van der Waals surface area contributed by atoms with Gasteiger partial charge in [0.05, 0.1) is 5.69 Å². The second-order valence-corrected chi connectivity index (χ2v) is 6.47. The highest BCUT2D eigenvalue weighted by Crippen LogP contribution is 2.19. The van der Waals surface area contributed by atoms with Crippen molar-refractivity contribution in [2.75, 3.05) is 25.5 Å². The number of carbonyl (C=O) groups excluding carboxylic acids is 1. The van der Waals surface area contributed by atoms with E-state index in [0.29, 0.717) is 0 Å². The fraction of sp³-hybridized carbons (Fsp3) is 0.429. The Kier molecular flexibility index (Phi) is 10.6. The first-order valence-electron chi connectivity index (χ1n) is 9.20. The minimum absolute atomic E-state index is 0.199. The van der Waals surface area contributed by atoms with Crippen LogP contribution < -0.4 is 5.32 Å². The topological polar surface area (TPSA) is 65.5 Å². The molecule has 0 spiro atoms. The molecule has 0 aliphatic carbocycles. The third-order valence-corrected chi connectivity index (χ3v) is 4.52. The van der Waals surface area contributed by atoms with Crippen molar-refractivity contribution in [3.8, 4) is 0 Å². The van der Waals surface area contributed by atoms with Crippen LogP contribution >= 0.6 is 11.6 Å². The number of halogens is 1. The molecule has 2 heterocycles. The van der Waals surface area contributed by atoms with E-state index in [-0.39, 0.29) is 5.92 Å². The fourth-order valence-corrected chi connectivity index (χ4v) is 2.87. The molecule has 1 aromatic heterocycles. The Morgan fingerprint density at radius 2 is 1.96 bits per heavy atom. The molecule has 0 bridgehead atoms. The van der Waals surface area contributed by atoms with Crippen molar-refractivity contribution in [1.29, 1.82) is 0 Å². The summed E-state index contributed by atoms with van der Waals surface area (Å²) in [5, 5.41) is 11.2. The Bertz CT molecular complexity index is 704. The molecule has 2 aromatic rings. The number of benzene rings is 1. The van der Waals surface area contributed by atoms with Crippen molar-refractivity contribution in [2.45, 2.75) is 33.9 Å². The average molecular weight is 392 g/mol. The van der Waals surface area contributed by atoms with Crippen LogP contribution in [0, 0.1) is 12.8 Å². The van der Waals surface area contributed by atoms with Crippen LogP contribution in [0.1, 0.15) is 30.7 Å². The molecule has 1 aliphatic heterocycles. The molecule has 5 nitrogen and oxygen atoms in total. The minimum Gasteiger partial charge on any atom is -0.400 e. The van der Waals surface area contributed by atoms with E-state index < -0.39 is 0 Å². The number of aromatic nitrogens is 1. The molecular weight excluding hydrogens is 362 g/mol. The molecule has 6 heteroatoms. The predicted octanol–water partition coefficient (Wildman–Crippen LogP) is 3.92. The zero-order chi connectivity index (χ0) is 20.2. The van der Waals surface area contributed by atoms with E-state index in [9.17, 15) is 4.79 Å². The Labute approximate surface area is 167 Å². The van der Waals surface area contributed by atoms with Crippen molar-refractivity contribution in [1.82, 2.24) is 9.88 Å². The van der Waals surface area contributed by atoms with Gasteiger partial charge in [0.1, 0.15) is 6.29 Å². The van der Waals surface area contributed by atoms with Crippen LogP contribution in [-0.4, -0.2) is 41.5 Å². The first kappa shape index (κ1) is 23.1. The molecule has 0 atom stereocenters. The number of aliphatic hydroxyl groups excluding tert-OH is 1. The van der Waals surface area contributed by atoms with Crippen LogP contribution in [-0.2, 0) is 17.9 Å². The van der Waals surface area contributed by atoms with Crippen LogP contribution in [0.15, 0.2) is 36.5 Å². The van der Waals surface area contributed by atoms with Crippen molar-refractivity contribution >= 4 is 23.6 Å². The molecule has 0 saturated carbocycles. The first-order chi connectivity index (χ1) is 13.1. The number of anilines is 1. The fourth-order valence-electron chi connectivity index (χ4n) is 2.75. The van der Waals surface area contributed by atoms with Crippen LogP contribution in [0.5, 0.6) is 0 Å². The number of carbonyl (C=O) groups is 1. The summed E-state index contributed by atoms with van der Waals surface area (Å²) in [6.45, 7) is 9.23. The maximum atomic E-state index is 10.6. The maximum Gasteiger partial charge on any atom is 0.125 e. The number of pyridine rings is 1. The molecule has 1 aliphatic rings. The van der Waals surface area contributed by atoms with E-state index in [1.807, 2.05) is 45.2 Å². The number of aliphatic hydroxyl groups is 1. The monoisotopic (exact) mass is 391 g/mol.